The minimum atomic E-state index is -3.39. The predicted molar refractivity (Wildman–Crippen MR) is 71.3 cm³/mol. The molecule has 0 aromatic heterocycles. The Balaban J connectivity index is 2.97. The van der Waals surface area contributed by atoms with Gasteiger partial charge in [0.05, 0.1) is 11.5 Å². The lowest BCUT2D eigenvalue weighted by Gasteiger charge is -2.13. The Bertz CT molecular complexity index is 606. The molecule has 18 heavy (non-hydrogen) atoms. The fourth-order valence-electron chi connectivity index (χ4n) is 1.39. The zero-order valence-corrected chi connectivity index (χ0v) is 12.0. The normalized spacial score (nSPS) is 14.2. The number of sulfonamides is 2. The largest absolute Gasteiger partial charge is 0.284 e. The Kier molecular flexibility index (Phi) is 4.36. The van der Waals surface area contributed by atoms with Crippen molar-refractivity contribution in [2.75, 3.05) is 18.0 Å². The molecule has 0 saturated heterocycles. The van der Waals surface area contributed by atoms with Crippen LogP contribution in [0.1, 0.15) is 17.7 Å². The summed E-state index contributed by atoms with van der Waals surface area (Å²) in [4.78, 5) is 0. The molecular weight excluding hydrogens is 276 g/mol. The molecule has 0 amide bonds. The third kappa shape index (κ3) is 3.97. The first-order chi connectivity index (χ1) is 8.15. The quantitative estimate of drug-likeness (QED) is 0.834. The summed E-state index contributed by atoms with van der Waals surface area (Å²) in [6, 6.07) is 6.20. The highest BCUT2D eigenvalue weighted by Gasteiger charge is 2.20. The fourth-order valence-corrected chi connectivity index (χ4v) is 2.83. The minimum absolute atomic E-state index is 0.398. The van der Waals surface area contributed by atoms with Crippen molar-refractivity contribution < 1.29 is 16.8 Å². The van der Waals surface area contributed by atoms with E-state index in [1.165, 1.54) is 19.2 Å². The lowest BCUT2D eigenvalue weighted by molar-refractivity contribution is 0.578. The maximum Gasteiger partial charge on any atom is 0.229 e. The van der Waals surface area contributed by atoms with E-state index in [1.807, 2.05) is 0 Å². The predicted octanol–water partition coefficient (Wildman–Crippen LogP) is 0.668. The summed E-state index contributed by atoms with van der Waals surface area (Å²) in [5.41, 5.74) is 0.985. The Hall–Kier alpha value is -1.12. The molecule has 1 rings (SSSR count). The van der Waals surface area contributed by atoms with Gasteiger partial charge in [0.2, 0.25) is 20.0 Å². The van der Waals surface area contributed by atoms with Crippen LogP contribution in [0.4, 0.5) is 5.69 Å². The summed E-state index contributed by atoms with van der Waals surface area (Å²) in [5.74, 6) is 0. The summed E-state index contributed by atoms with van der Waals surface area (Å²) in [5, 5.41) is -0.699. The zero-order chi connectivity index (χ0) is 14.0. The molecule has 0 fully saturated rings. The van der Waals surface area contributed by atoms with Gasteiger partial charge in [0, 0.05) is 5.69 Å². The van der Waals surface area contributed by atoms with Gasteiger partial charge in [-0.3, -0.25) is 4.72 Å². The first-order valence-corrected chi connectivity index (χ1v) is 8.59. The molecule has 0 aliphatic carbocycles. The average Bonchev–Trinajstić information content (AvgIpc) is 2.27. The van der Waals surface area contributed by atoms with Gasteiger partial charge >= 0.3 is 0 Å². The Morgan fingerprint density at radius 1 is 1.06 bits per heavy atom. The van der Waals surface area contributed by atoms with Crippen molar-refractivity contribution in [2.45, 2.75) is 12.2 Å². The summed E-state index contributed by atoms with van der Waals surface area (Å²) >= 11 is 0. The molecule has 0 aliphatic heterocycles. The minimum Gasteiger partial charge on any atom is -0.284 e. The van der Waals surface area contributed by atoms with Crippen molar-refractivity contribution in [3.8, 4) is 0 Å². The lowest BCUT2D eigenvalue weighted by atomic mass is 10.1. The molecule has 6 nitrogen and oxygen atoms in total. The average molecular weight is 292 g/mol. The van der Waals surface area contributed by atoms with Crippen LogP contribution in [0.25, 0.3) is 0 Å². The van der Waals surface area contributed by atoms with E-state index in [-0.39, 0.29) is 0 Å². The zero-order valence-electron chi connectivity index (χ0n) is 10.3. The van der Waals surface area contributed by atoms with E-state index in [9.17, 15) is 16.8 Å². The fraction of sp³-hybridized carbons (Fsp3) is 0.400. The van der Waals surface area contributed by atoms with Crippen LogP contribution in [-0.4, -0.2) is 30.1 Å². The number of hydrogen-bond acceptors (Lipinski definition) is 4. The molecular formula is C10H16N2O4S2. The van der Waals surface area contributed by atoms with Crippen LogP contribution in [0.3, 0.4) is 0 Å². The number of hydrogen-bond donors (Lipinski definition) is 2. The van der Waals surface area contributed by atoms with Crippen LogP contribution in [0.15, 0.2) is 24.3 Å². The molecule has 2 N–H and O–H groups in total. The monoisotopic (exact) mass is 292 g/mol. The highest BCUT2D eigenvalue weighted by Crippen LogP contribution is 2.22. The maximum atomic E-state index is 11.6. The molecule has 0 saturated carbocycles. The van der Waals surface area contributed by atoms with Crippen molar-refractivity contribution in [1.82, 2.24) is 4.72 Å². The van der Waals surface area contributed by atoms with Crippen LogP contribution in [-0.2, 0) is 20.0 Å². The van der Waals surface area contributed by atoms with E-state index in [2.05, 4.69) is 9.44 Å². The molecule has 1 atom stereocenters. The SMILES string of the molecule is CNS(=O)(=O)C(C)c1ccc(NS(C)(=O)=O)cc1. The smallest absolute Gasteiger partial charge is 0.229 e. The number of nitrogens with one attached hydrogen (secondary N) is 2. The van der Waals surface area contributed by atoms with Gasteiger partial charge in [-0.1, -0.05) is 12.1 Å². The van der Waals surface area contributed by atoms with Crippen LogP contribution in [0.2, 0.25) is 0 Å². The van der Waals surface area contributed by atoms with Gasteiger partial charge in [-0.25, -0.2) is 21.6 Å². The van der Waals surface area contributed by atoms with Gasteiger partial charge in [0.25, 0.3) is 0 Å². The third-order valence-electron chi connectivity index (χ3n) is 2.43. The Morgan fingerprint density at radius 2 is 1.56 bits per heavy atom. The summed E-state index contributed by atoms with van der Waals surface area (Å²) in [6.45, 7) is 1.56. The van der Waals surface area contributed by atoms with Crippen molar-refractivity contribution in [3.05, 3.63) is 29.8 Å². The second-order valence-corrected chi connectivity index (χ2v) is 7.84. The molecule has 102 valence electrons. The molecule has 1 aromatic carbocycles. The molecule has 0 radical (unpaired) electrons. The van der Waals surface area contributed by atoms with Crippen LogP contribution in [0.5, 0.6) is 0 Å². The van der Waals surface area contributed by atoms with Gasteiger partial charge in [-0.2, -0.15) is 0 Å². The first kappa shape index (κ1) is 14.9. The van der Waals surface area contributed by atoms with Crippen LogP contribution in [0, 0.1) is 0 Å². The number of anilines is 1. The van der Waals surface area contributed by atoms with Gasteiger partial charge < -0.3 is 0 Å². The number of benzene rings is 1. The molecule has 0 aliphatic rings. The topological polar surface area (TPSA) is 92.3 Å². The Labute approximate surface area is 108 Å². The second-order valence-electron chi connectivity index (χ2n) is 3.89. The standard InChI is InChI=1S/C10H16N2O4S2/c1-8(18(15,16)11-2)9-4-6-10(7-5-9)12-17(3,13)14/h4-8,11-12H,1-3H3. The van der Waals surface area contributed by atoms with Crippen molar-refractivity contribution >= 4 is 25.7 Å². The van der Waals surface area contributed by atoms with E-state index < -0.39 is 25.3 Å². The highest BCUT2D eigenvalue weighted by atomic mass is 32.2. The van der Waals surface area contributed by atoms with E-state index in [4.69, 9.17) is 0 Å². The number of rotatable bonds is 5. The summed E-state index contributed by atoms with van der Waals surface area (Å²) in [6.07, 6.45) is 1.05. The van der Waals surface area contributed by atoms with Crippen molar-refractivity contribution in [3.63, 3.8) is 0 Å². The molecule has 0 heterocycles. The second kappa shape index (κ2) is 5.25. The summed E-state index contributed by atoms with van der Waals surface area (Å²) in [7, 11) is -5.36. The van der Waals surface area contributed by atoms with Gasteiger partial charge in [0.15, 0.2) is 0 Å². The summed E-state index contributed by atoms with van der Waals surface area (Å²) < 4.78 is 49.8. The molecule has 8 heteroatoms. The molecule has 1 unspecified atom stereocenters. The van der Waals surface area contributed by atoms with Crippen LogP contribution >= 0.6 is 0 Å². The highest BCUT2D eigenvalue weighted by molar-refractivity contribution is 7.92. The van der Waals surface area contributed by atoms with Gasteiger partial charge in [0.1, 0.15) is 0 Å². The Morgan fingerprint density at radius 3 is 1.94 bits per heavy atom. The van der Waals surface area contributed by atoms with Gasteiger partial charge in [-0.15, -0.1) is 0 Å². The van der Waals surface area contributed by atoms with E-state index in [0.29, 0.717) is 11.3 Å². The van der Waals surface area contributed by atoms with E-state index in [0.717, 1.165) is 6.26 Å². The van der Waals surface area contributed by atoms with Gasteiger partial charge in [-0.05, 0) is 31.7 Å². The molecule has 0 bridgehead atoms. The molecule has 0 spiro atoms. The van der Waals surface area contributed by atoms with Crippen molar-refractivity contribution in [2.24, 2.45) is 0 Å². The van der Waals surface area contributed by atoms with Crippen molar-refractivity contribution in [1.29, 1.82) is 0 Å². The van der Waals surface area contributed by atoms with Crippen LogP contribution < -0.4 is 9.44 Å². The lowest BCUT2D eigenvalue weighted by Crippen LogP contribution is -2.24. The first-order valence-electron chi connectivity index (χ1n) is 5.16. The molecule has 1 aromatic rings. The van der Waals surface area contributed by atoms with E-state index >= 15 is 0 Å². The van der Waals surface area contributed by atoms with E-state index in [1.54, 1.807) is 19.1 Å². The third-order valence-corrected chi connectivity index (χ3v) is 4.81. The maximum absolute atomic E-state index is 11.6.